The number of rotatable bonds is 8. The van der Waals surface area contributed by atoms with Gasteiger partial charge in [0.1, 0.15) is 11.5 Å². The summed E-state index contributed by atoms with van der Waals surface area (Å²) in [7, 11) is 1.61. The van der Waals surface area contributed by atoms with Crippen LogP contribution in [0.25, 0.3) is 0 Å². The van der Waals surface area contributed by atoms with Crippen LogP contribution in [0.5, 0.6) is 11.5 Å². The molecule has 1 atom stereocenters. The van der Waals surface area contributed by atoms with Crippen LogP contribution >= 0.6 is 0 Å². The molecule has 1 aliphatic carbocycles. The Kier molecular flexibility index (Phi) is 5.44. The molecule has 0 aliphatic heterocycles. The van der Waals surface area contributed by atoms with Gasteiger partial charge in [-0.1, -0.05) is 13.0 Å². The maximum atomic E-state index is 11.7. The molecule has 1 unspecified atom stereocenters. The quantitative estimate of drug-likeness (QED) is 0.764. The summed E-state index contributed by atoms with van der Waals surface area (Å²) in [6.07, 6.45) is 3.76. The second-order valence-electron chi connectivity index (χ2n) is 5.48. The van der Waals surface area contributed by atoms with Crippen LogP contribution in [-0.4, -0.2) is 31.7 Å². The third-order valence-corrected chi connectivity index (χ3v) is 3.58. The molecular weight excluding hydrogens is 268 g/mol. The summed E-state index contributed by atoms with van der Waals surface area (Å²) in [5.41, 5.74) is 7.01. The molecule has 0 bridgehead atoms. The molecule has 2 rings (SSSR count). The number of nitrogens with one attached hydrogen (secondary N) is 1. The van der Waals surface area contributed by atoms with Gasteiger partial charge in [0.15, 0.2) is 6.61 Å². The number of nitrogens with two attached hydrogens (primary N) is 1. The van der Waals surface area contributed by atoms with Crippen molar-refractivity contribution in [3.63, 3.8) is 0 Å². The summed E-state index contributed by atoms with van der Waals surface area (Å²) in [5, 5.41) is 2.90. The summed E-state index contributed by atoms with van der Waals surface area (Å²) >= 11 is 0. The van der Waals surface area contributed by atoms with E-state index in [1.165, 1.54) is 0 Å². The zero-order valence-electron chi connectivity index (χ0n) is 12.7. The van der Waals surface area contributed by atoms with Crippen molar-refractivity contribution >= 4 is 5.91 Å². The summed E-state index contributed by atoms with van der Waals surface area (Å²) in [4.78, 5) is 11.7. The molecule has 0 aromatic heterocycles. The van der Waals surface area contributed by atoms with E-state index in [-0.39, 0.29) is 18.6 Å². The molecule has 1 saturated carbocycles. The van der Waals surface area contributed by atoms with Gasteiger partial charge in [0.05, 0.1) is 7.11 Å². The smallest absolute Gasteiger partial charge is 0.258 e. The first-order valence-corrected chi connectivity index (χ1v) is 7.47. The number of ether oxygens (including phenoxy) is 2. The van der Waals surface area contributed by atoms with Crippen molar-refractivity contribution in [2.45, 2.75) is 44.7 Å². The molecule has 0 saturated heterocycles. The van der Waals surface area contributed by atoms with Crippen molar-refractivity contribution in [3.05, 3.63) is 23.8 Å². The lowest BCUT2D eigenvalue weighted by molar-refractivity contribution is -0.123. The van der Waals surface area contributed by atoms with Crippen molar-refractivity contribution in [1.82, 2.24) is 5.32 Å². The maximum Gasteiger partial charge on any atom is 0.258 e. The number of hydrogen-bond acceptors (Lipinski definition) is 4. The van der Waals surface area contributed by atoms with Crippen molar-refractivity contribution < 1.29 is 14.3 Å². The number of amides is 1. The standard InChI is InChI=1S/C16H24N2O3/c1-3-12(17)8-11-4-7-14(20-2)9-15(11)21-10-16(19)18-13-5-6-13/h4,7,9,12-13H,3,5-6,8,10,17H2,1-2H3,(H,18,19). The number of methoxy groups -OCH3 is 1. The van der Waals surface area contributed by atoms with Crippen LogP contribution in [0.1, 0.15) is 31.7 Å². The van der Waals surface area contributed by atoms with E-state index in [0.29, 0.717) is 17.5 Å². The monoisotopic (exact) mass is 292 g/mol. The Bertz CT molecular complexity index is 486. The lowest BCUT2D eigenvalue weighted by Gasteiger charge is -2.15. The molecular formula is C16H24N2O3. The van der Waals surface area contributed by atoms with Crippen LogP contribution in [0.2, 0.25) is 0 Å². The number of hydrogen-bond donors (Lipinski definition) is 2. The van der Waals surface area contributed by atoms with E-state index in [0.717, 1.165) is 31.2 Å². The Labute approximate surface area is 125 Å². The lowest BCUT2D eigenvalue weighted by atomic mass is 10.0. The Morgan fingerprint density at radius 1 is 1.48 bits per heavy atom. The van der Waals surface area contributed by atoms with Gasteiger partial charge < -0.3 is 20.5 Å². The van der Waals surface area contributed by atoms with Crippen LogP contribution in [-0.2, 0) is 11.2 Å². The fourth-order valence-corrected chi connectivity index (χ4v) is 2.03. The topological polar surface area (TPSA) is 73.6 Å². The molecule has 0 spiro atoms. The van der Waals surface area contributed by atoms with Gasteiger partial charge >= 0.3 is 0 Å². The molecule has 1 aromatic rings. The third kappa shape index (κ3) is 4.93. The van der Waals surface area contributed by atoms with Gasteiger partial charge in [0.25, 0.3) is 5.91 Å². The summed E-state index contributed by atoms with van der Waals surface area (Å²) in [6.45, 7) is 2.08. The third-order valence-electron chi connectivity index (χ3n) is 3.58. The normalized spacial score (nSPS) is 15.4. The molecule has 1 aromatic carbocycles. The van der Waals surface area contributed by atoms with Crippen LogP contribution < -0.4 is 20.5 Å². The second-order valence-corrected chi connectivity index (χ2v) is 5.48. The number of benzene rings is 1. The molecule has 0 heterocycles. The lowest BCUT2D eigenvalue weighted by Crippen LogP contribution is -2.30. The Morgan fingerprint density at radius 3 is 2.86 bits per heavy atom. The fraction of sp³-hybridized carbons (Fsp3) is 0.562. The van der Waals surface area contributed by atoms with Gasteiger partial charge in [-0.3, -0.25) is 4.79 Å². The van der Waals surface area contributed by atoms with Crippen LogP contribution in [0.3, 0.4) is 0 Å². The van der Waals surface area contributed by atoms with Crippen LogP contribution in [0.15, 0.2) is 18.2 Å². The highest BCUT2D eigenvalue weighted by Crippen LogP contribution is 2.26. The van der Waals surface area contributed by atoms with Crippen molar-refractivity contribution in [2.75, 3.05) is 13.7 Å². The zero-order valence-corrected chi connectivity index (χ0v) is 12.7. The molecule has 1 aliphatic rings. The van der Waals surface area contributed by atoms with Gasteiger partial charge in [-0.05, 0) is 37.3 Å². The average Bonchev–Trinajstić information content (AvgIpc) is 3.29. The highest BCUT2D eigenvalue weighted by atomic mass is 16.5. The Balaban J connectivity index is 2.00. The Hall–Kier alpha value is -1.75. The zero-order chi connectivity index (χ0) is 15.2. The van der Waals surface area contributed by atoms with E-state index >= 15 is 0 Å². The highest BCUT2D eigenvalue weighted by molar-refractivity contribution is 5.78. The predicted octanol–water partition coefficient (Wildman–Crippen LogP) is 1.63. The van der Waals surface area contributed by atoms with E-state index < -0.39 is 0 Å². The highest BCUT2D eigenvalue weighted by Gasteiger charge is 2.23. The molecule has 5 nitrogen and oxygen atoms in total. The number of carbonyl (C=O) groups is 1. The van der Waals surface area contributed by atoms with Gasteiger partial charge in [0.2, 0.25) is 0 Å². The first-order valence-electron chi connectivity index (χ1n) is 7.47. The molecule has 116 valence electrons. The minimum absolute atomic E-state index is 0.0258. The van der Waals surface area contributed by atoms with Crippen LogP contribution in [0.4, 0.5) is 0 Å². The first kappa shape index (κ1) is 15.6. The first-order chi connectivity index (χ1) is 10.1. The molecule has 21 heavy (non-hydrogen) atoms. The van der Waals surface area contributed by atoms with Crippen molar-refractivity contribution in [1.29, 1.82) is 0 Å². The average molecular weight is 292 g/mol. The van der Waals surface area contributed by atoms with Gasteiger partial charge in [-0.15, -0.1) is 0 Å². The summed E-state index contributed by atoms with van der Waals surface area (Å²) < 4.78 is 10.9. The van der Waals surface area contributed by atoms with Gasteiger partial charge in [0, 0.05) is 18.2 Å². The van der Waals surface area contributed by atoms with Gasteiger partial charge in [-0.25, -0.2) is 0 Å². The largest absolute Gasteiger partial charge is 0.497 e. The molecule has 5 heteroatoms. The maximum absolute atomic E-state index is 11.7. The minimum atomic E-state index is -0.0777. The predicted molar refractivity (Wildman–Crippen MR) is 81.6 cm³/mol. The van der Waals surface area contributed by atoms with E-state index in [2.05, 4.69) is 12.2 Å². The SMILES string of the molecule is CCC(N)Cc1ccc(OC)cc1OCC(=O)NC1CC1. The molecule has 3 N–H and O–H groups in total. The number of carbonyl (C=O) groups excluding carboxylic acids is 1. The molecule has 1 fully saturated rings. The van der Waals surface area contributed by atoms with Gasteiger partial charge in [-0.2, -0.15) is 0 Å². The van der Waals surface area contributed by atoms with Crippen molar-refractivity contribution in [2.24, 2.45) is 5.73 Å². The molecule has 1 amide bonds. The van der Waals surface area contributed by atoms with E-state index in [1.807, 2.05) is 18.2 Å². The summed E-state index contributed by atoms with van der Waals surface area (Å²) in [6, 6.07) is 6.07. The van der Waals surface area contributed by atoms with E-state index in [4.69, 9.17) is 15.2 Å². The van der Waals surface area contributed by atoms with E-state index in [1.54, 1.807) is 7.11 Å². The fourth-order valence-electron chi connectivity index (χ4n) is 2.03. The minimum Gasteiger partial charge on any atom is -0.497 e. The molecule has 0 radical (unpaired) electrons. The second kappa shape index (κ2) is 7.31. The van der Waals surface area contributed by atoms with Crippen LogP contribution in [0, 0.1) is 0 Å². The van der Waals surface area contributed by atoms with Crippen molar-refractivity contribution in [3.8, 4) is 11.5 Å². The van der Waals surface area contributed by atoms with E-state index in [9.17, 15) is 4.79 Å². The summed E-state index contributed by atoms with van der Waals surface area (Å²) in [5.74, 6) is 1.30. The Morgan fingerprint density at radius 2 is 2.24 bits per heavy atom.